The summed E-state index contributed by atoms with van der Waals surface area (Å²) in [5.41, 5.74) is 0. The van der Waals surface area contributed by atoms with Gasteiger partial charge in [0, 0.05) is 37.4 Å². The van der Waals surface area contributed by atoms with Crippen molar-refractivity contribution in [3.05, 3.63) is 50.6 Å². The zero-order chi connectivity index (χ0) is 36.7. The van der Waals surface area contributed by atoms with Crippen LogP contribution < -0.4 is 10.6 Å². The average molecular weight is 703 g/mol. The van der Waals surface area contributed by atoms with Crippen LogP contribution in [0.15, 0.2) is 50.6 Å². The van der Waals surface area contributed by atoms with Gasteiger partial charge in [-0.2, -0.15) is 0 Å². The first-order valence-corrected chi connectivity index (χ1v) is 14.9. The molecule has 0 bridgehead atoms. The largest absolute Gasteiger partial charge is 0.460 e. The van der Waals surface area contributed by atoms with Crippen LogP contribution in [0, 0.1) is 0 Å². The molecule has 0 saturated carbocycles. The third kappa shape index (κ3) is 26.9. The van der Waals surface area contributed by atoms with Crippen LogP contribution in [0.25, 0.3) is 0 Å². The molecule has 0 fully saturated rings. The van der Waals surface area contributed by atoms with Gasteiger partial charge in [-0.05, 0) is 6.92 Å². The summed E-state index contributed by atoms with van der Waals surface area (Å²) in [6.45, 7) is 14.6. The topological polar surface area (TPSA) is 219 Å². The number of ether oxygens (including phenoxy) is 10. The fraction of sp³-hybridized carbons (Fsp3) is 0.548. The van der Waals surface area contributed by atoms with Crippen LogP contribution >= 0.6 is 0 Å². The minimum atomic E-state index is -0.983. The molecule has 0 heterocycles. The Morgan fingerprint density at radius 3 is 1.37 bits per heavy atom. The summed E-state index contributed by atoms with van der Waals surface area (Å²) in [7, 11) is 0. The van der Waals surface area contributed by atoms with E-state index >= 15 is 0 Å². The quantitative estimate of drug-likeness (QED) is 0.0470. The maximum atomic E-state index is 12.0. The number of rotatable bonds is 29. The zero-order valence-electron chi connectivity index (χ0n) is 27.6. The Balaban J connectivity index is 4.49. The lowest BCUT2D eigenvalue weighted by Gasteiger charge is -2.21. The minimum absolute atomic E-state index is 0.00988. The van der Waals surface area contributed by atoms with Crippen molar-refractivity contribution in [2.45, 2.75) is 25.2 Å². The molecule has 0 aliphatic heterocycles. The molecule has 18 heteroatoms. The number of amides is 2. The third-order valence-corrected chi connectivity index (χ3v) is 5.23. The molecule has 276 valence electrons. The van der Waals surface area contributed by atoms with Crippen molar-refractivity contribution in [2.24, 2.45) is 0 Å². The predicted molar refractivity (Wildman–Crippen MR) is 169 cm³/mol. The molecular formula is C31H46N2O16. The van der Waals surface area contributed by atoms with E-state index < -0.39 is 54.4 Å². The predicted octanol–water partition coefficient (Wildman–Crippen LogP) is 0.548. The molecule has 0 aromatic heterocycles. The van der Waals surface area contributed by atoms with Gasteiger partial charge in [-0.3, -0.25) is 0 Å². The Labute approximate surface area is 284 Å². The highest BCUT2D eigenvalue weighted by Gasteiger charge is 2.20. The Kier molecular flexibility index (Phi) is 26.5. The Bertz CT molecular complexity index is 1070. The van der Waals surface area contributed by atoms with E-state index in [4.69, 9.17) is 47.4 Å². The van der Waals surface area contributed by atoms with E-state index in [0.29, 0.717) is 0 Å². The fourth-order valence-electron chi connectivity index (χ4n) is 2.96. The van der Waals surface area contributed by atoms with Gasteiger partial charge >= 0.3 is 36.1 Å². The lowest BCUT2D eigenvalue weighted by atomic mass is 10.3. The summed E-state index contributed by atoms with van der Waals surface area (Å²) < 4.78 is 51.6. The molecule has 0 radical (unpaired) electrons. The summed E-state index contributed by atoms with van der Waals surface area (Å²) in [5.74, 6) is -2.67. The molecule has 0 spiro atoms. The number of alkyl carbamates (subject to hydrolysis) is 2. The van der Waals surface area contributed by atoms with Crippen LogP contribution in [-0.4, -0.2) is 140 Å². The van der Waals surface area contributed by atoms with Crippen molar-refractivity contribution in [3.8, 4) is 0 Å². The molecular weight excluding hydrogens is 656 g/mol. The minimum Gasteiger partial charge on any atom is -0.460 e. The van der Waals surface area contributed by atoms with Gasteiger partial charge < -0.3 is 58.0 Å². The van der Waals surface area contributed by atoms with Gasteiger partial charge in [-0.1, -0.05) is 26.3 Å². The van der Waals surface area contributed by atoms with E-state index in [1.54, 1.807) is 6.92 Å². The molecule has 0 aliphatic carbocycles. The van der Waals surface area contributed by atoms with E-state index in [-0.39, 0.29) is 85.8 Å². The summed E-state index contributed by atoms with van der Waals surface area (Å²) >= 11 is 0. The molecule has 0 rings (SSSR count). The Morgan fingerprint density at radius 1 is 0.510 bits per heavy atom. The summed E-state index contributed by atoms with van der Waals surface area (Å²) in [4.78, 5) is 69.3. The number of nitrogens with one attached hydrogen (secondary N) is 2. The van der Waals surface area contributed by atoms with Crippen molar-refractivity contribution in [1.82, 2.24) is 10.6 Å². The molecule has 2 amide bonds. The summed E-state index contributed by atoms with van der Waals surface area (Å²) in [5, 5.41) is 4.89. The van der Waals surface area contributed by atoms with Gasteiger partial charge in [-0.25, -0.2) is 28.8 Å². The highest BCUT2D eigenvalue weighted by Crippen LogP contribution is 2.03. The number of hydrogen-bond donors (Lipinski definition) is 2. The first-order chi connectivity index (χ1) is 23.5. The second kappa shape index (κ2) is 29.4. The second-order valence-electron chi connectivity index (χ2n) is 9.23. The maximum Gasteiger partial charge on any atom is 0.407 e. The first-order valence-electron chi connectivity index (χ1n) is 14.9. The van der Waals surface area contributed by atoms with Crippen LogP contribution in [0.1, 0.15) is 6.92 Å². The van der Waals surface area contributed by atoms with E-state index in [2.05, 4.69) is 36.9 Å². The van der Waals surface area contributed by atoms with Gasteiger partial charge in [0.1, 0.15) is 26.4 Å². The lowest BCUT2D eigenvalue weighted by Crippen LogP contribution is -2.36. The number of hydrogen-bond acceptors (Lipinski definition) is 16. The van der Waals surface area contributed by atoms with Crippen molar-refractivity contribution in [2.75, 3.05) is 85.8 Å². The van der Waals surface area contributed by atoms with Gasteiger partial charge in [0.2, 0.25) is 0 Å². The Morgan fingerprint density at radius 2 is 0.939 bits per heavy atom. The van der Waals surface area contributed by atoms with Gasteiger partial charge in [0.05, 0.1) is 52.4 Å². The van der Waals surface area contributed by atoms with Crippen molar-refractivity contribution in [1.29, 1.82) is 0 Å². The third-order valence-electron chi connectivity index (χ3n) is 5.23. The van der Waals surface area contributed by atoms with Gasteiger partial charge in [0.25, 0.3) is 0 Å². The standard InChI is InChI=1S/C31H46N2O16/c1-6-26(34)43-16-14-40-12-10-32-30(38)46-21-24(48-28(36)8-3)19-42-18-23(5)45-20-25(49-29(37)9-4)22-47-31(39)33-11-13-41-15-17-44-27(35)7-2/h6-9,23-25H,1-4,10-22H2,5H3,(H,32,38)(H,33,39). The van der Waals surface area contributed by atoms with E-state index in [0.717, 1.165) is 24.3 Å². The van der Waals surface area contributed by atoms with Crippen LogP contribution in [-0.2, 0) is 66.5 Å². The first kappa shape index (κ1) is 44.2. The highest BCUT2D eigenvalue weighted by atomic mass is 16.6. The highest BCUT2D eigenvalue weighted by molar-refractivity contribution is 5.82. The summed E-state index contributed by atoms with van der Waals surface area (Å²) in [6, 6.07) is 0. The zero-order valence-corrected chi connectivity index (χ0v) is 27.6. The van der Waals surface area contributed by atoms with E-state index in [1.807, 2.05) is 0 Å². The van der Waals surface area contributed by atoms with Crippen LogP contribution in [0.3, 0.4) is 0 Å². The molecule has 49 heavy (non-hydrogen) atoms. The number of carbonyl (C=O) groups excluding carboxylic acids is 6. The second-order valence-corrected chi connectivity index (χ2v) is 9.23. The average Bonchev–Trinajstić information content (AvgIpc) is 3.09. The molecule has 0 aromatic rings. The molecule has 0 aromatic carbocycles. The molecule has 0 aliphatic rings. The monoisotopic (exact) mass is 702 g/mol. The number of carbonyl (C=O) groups is 6. The van der Waals surface area contributed by atoms with Gasteiger partial charge in [-0.15, -0.1) is 0 Å². The molecule has 3 unspecified atom stereocenters. The SMILES string of the molecule is C=CC(=O)OCCOCCNC(=O)OCC(COCC(C)OCC(COC(=O)NCCOCCOC(=O)C=C)OC(=O)C=C)OC(=O)C=C. The van der Waals surface area contributed by atoms with Crippen molar-refractivity contribution >= 4 is 36.1 Å². The van der Waals surface area contributed by atoms with Crippen LogP contribution in [0.2, 0.25) is 0 Å². The normalized spacial score (nSPS) is 12.1. The van der Waals surface area contributed by atoms with Crippen molar-refractivity contribution in [3.63, 3.8) is 0 Å². The molecule has 0 saturated heterocycles. The smallest absolute Gasteiger partial charge is 0.407 e. The molecule has 18 nitrogen and oxygen atoms in total. The molecule has 2 N–H and O–H groups in total. The summed E-state index contributed by atoms with van der Waals surface area (Å²) in [6.07, 6.45) is -0.193. The Hall–Kier alpha value is -4.78. The van der Waals surface area contributed by atoms with Crippen LogP contribution in [0.5, 0.6) is 0 Å². The van der Waals surface area contributed by atoms with Gasteiger partial charge in [0.15, 0.2) is 12.2 Å². The van der Waals surface area contributed by atoms with E-state index in [1.165, 1.54) is 0 Å². The van der Waals surface area contributed by atoms with Crippen LogP contribution in [0.4, 0.5) is 9.59 Å². The van der Waals surface area contributed by atoms with E-state index in [9.17, 15) is 28.8 Å². The maximum absolute atomic E-state index is 12.0. The van der Waals surface area contributed by atoms with Crippen molar-refractivity contribution < 1.29 is 76.1 Å². The molecule has 3 atom stereocenters. The number of esters is 4. The lowest BCUT2D eigenvalue weighted by molar-refractivity contribution is -0.154. The fourth-order valence-corrected chi connectivity index (χ4v) is 2.96.